The Morgan fingerprint density at radius 1 is 0.952 bits per heavy atom. The van der Waals surface area contributed by atoms with Gasteiger partial charge >= 0.3 is 0 Å². The van der Waals surface area contributed by atoms with Gasteiger partial charge in [-0.05, 0) is 26.1 Å². The summed E-state index contributed by atoms with van der Waals surface area (Å²) < 4.78 is 0. The Kier molecular flexibility index (Phi) is 6.07. The molecule has 3 nitrogen and oxygen atoms in total. The molecular weight excluding hydrogens is 258 g/mol. The third-order valence-corrected chi connectivity index (χ3v) is 4.47. The van der Waals surface area contributed by atoms with E-state index in [9.17, 15) is 0 Å². The van der Waals surface area contributed by atoms with Crippen LogP contribution in [-0.2, 0) is 0 Å². The minimum absolute atomic E-state index is 0.865. The van der Waals surface area contributed by atoms with E-state index in [1.165, 1.54) is 57.1 Å². The minimum Gasteiger partial charge on any atom is -0.371 e. The van der Waals surface area contributed by atoms with Crippen molar-refractivity contribution in [3.05, 3.63) is 29.8 Å². The van der Waals surface area contributed by atoms with E-state index < -0.39 is 0 Å². The molecule has 3 rings (SSSR count). The highest BCUT2D eigenvalue weighted by Gasteiger charge is 2.29. The van der Waals surface area contributed by atoms with Crippen molar-refractivity contribution >= 4 is 5.69 Å². The number of rotatable bonds is 3. The van der Waals surface area contributed by atoms with Crippen LogP contribution in [0.5, 0.6) is 0 Å². The SMILES string of the molecule is CC.Cc1ccc(N2CC(CN3CCN(C)CC3)C2)cc1. The first-order chi connectivity index (χ1) is 10.2. The third-order valence-electron chi connectivity index (χ3n) is 4.47. The number of piperazine rings is 1. The monoisotopic (exact) mass is 289 g/mol. The normalized spacial score (nSPS) is 20.7. The first-order valence-electron chi connectivity index (χ1n) is 8.43. The molecule has 0 bridgehead atoms. The molecule has 2 aliphatic heterocycles. The van der Waals surface area contributed by atoms with Crippen molar-refractivity contribution in [3.63, 3.8) is 0 Å². The predicted molar refractivity (Wildman–Crippen MR) is 92.2 cm³/mol. The molecule has 0 radical (unpaired) electrons. The summed E-state index contributed by atoms with van der Waals surface area (Å²) in [5.74, 6) is 0.865. The molecule has 2 aliphatic rings. The Hall–Kier alpha value is -1.06. The van der Waals surface area contributed by atoms with Gasteiger partial charge in [0, 0.05) is 57.4 Å². The van der Waals surface area contributed by atoms with Crippen LogP contribution < -0.4 is 4.90 Å². The van der Waals surface area contributed by atoms with E-state index >= 15 is 0 Å². The van der Waals surface area contributed by atoms with Gasteiger partial charge < -0.3 is 14.7 Å². The molecule has 0 aliphatic carbocycles. The zero-order valence-corrected chi connectivity index (χ0v) is 14.2. The van der Waals surface area contributed by atoms with Crippen LogP contribution in [0.2, 0.25) is 0 Å². The van der Waals surface area contributed by atoms with Crippen LogP contribution in [-0.4, -0.2) is 62.7 Å². The van der Waals surface area contributed by atoms with E-state index in [1.807, 2.05) is 13.8 Å². The maximum absolute atomic E-state index is 2.64. The quantitative estimate of drug-likeness (QED) is 0.847. The molecule has 118 valence electrons. The summed E-state index contributed by atoms with van der Waals surface area (Å²) in [4.78, 5) is 7.56. The average molecular weight is 289 g/mol. The number of benzene rings is 1. The van der Waals surface area contributed by atoms with Crippen LogP contribution in [0.3, 0.4) is 0 Å². The maximum Gasteiger partial charge on any atom is 0.0366 e. The molecule has 1 aromatic rings. The average Bonchev–Trinajstić information content (AvgIpc) is 2.48. The summed E-state index contributed by atoms with van der Waals surface area (Å²) in [6, 6.07) is 8.93. The molecule has 0 atom stereocenters. The van der Waals surface area contributed by atoms with Gasteiger partial charge in [0.1, 0.15) is 0 Å². The Balaban J connectivity index is 0.000000774. The molecule has 2 fully saturated rings. The van der Waals surface area contributed by atoms with Gasteiger partial charge in [-0.1, -0.05) is 31.5 Å². The standard InChI is InChI=1S/C16H25N3.C2H6/c1-14-3-5-16(6-4-14)19-12-15(13-19)11-18-9-7-17(2)8-10-18;1-2/h3-6,15H,7-13H2,1-2H3;1-2H3. The van der Waals surface area contributed by atoms with Crippen LogP contribution in [0, 0.1) is 12.8 Å². The lowest BCUT2D eigenvalue weighted by molar-refractivity contribution is 0.128. The van der Waals surface area contributed by atoms with Crippen molar-refractivity contribution in [2.24, 2.45) is 5.92 Å². The number of hydrogen-bond acceptors (Lipinski definition) is 3. The minimum atomic E-state index is 0.865. The summed E-state index contributed by atoms with van der Waals surface area (Å²) in [6.07, 6.45) is 0. The van der Waals surface area contributed by atoms with Gasteiger partial charge in [0.15, 0.2) is 0 Å². The van der Waals surface area contributed by atoms with Gasteiger partial charge in [-0.2, -0.15) is 0 Å². The molecular formula is C18H31N3. The van der Waals surface area contributed by atoms with Gasteiger partial charge in [0.25, 0.3) is 0 Å². The number of hydrogen-bond donors (Lipinski definition) is 0. The fourth-order valence-electron chi connectivity index (χ4n) is 3.05. The predicted octanol–water partition coefficient (Wildman–Crippen LogP) is 2.70. The lowest BCUT2D eigenvalue weighted by Crippen LogP contribution is -2.54. The number of anilines is 1. The van der Waals surface area contributed by atoms with Crippen LogP contribution in [0.15, 0.2) is 24.3 Å². The van der Waals surface area contributed by atoms with Gasteiger partial charge in [0.2, 0.25) is 0 Å². The topological polar surface area (TPSA) is 9.72 Å². The van der Waals surface area contributed by atoms with Crippen LogP contribution in [0.4, 0.5) is 5.69 Å². The fraction of sp³-hybridized carbons (Fsp3) is 0.667. The van der Waals surface area contributed by atoms with Crippen LogP contribution in [0.25, 0.3) is 0 Å². The van der Waals surface area contributed by atoms with Gasteiger partial charge in [-0.25, -0.2) is 0 Å². The lowest BCUT2D eigenvalue weighted by atomic mass is 9.98. The van der Waals surface area contributed by atoms with Gasteiger partial charge in [-0.15, -0.1) is 0 Å². The summed E-state index contributed by atoms with van der Waals surface area (Å²) in [5, 5.41) is 0. The summed E-state index contributed by atoms with van der Waals surface area (Å²) in [7, 11) is 2.22. The van der Waals surface area contributed by atoms with Gasteiger partial charge in [-0.3, -0.25) is 0 Å². The van der Waals surface area contributed by atoms with E-state index in [4.69, 9.17) is 0 Å². The largest absolute Gasteiger partial charge is 0.371 e. The first kappa shape index (κ1) is 16.3. The Labute approximate surface area is 130 Å². The highest BCUT2D eigenvalue weighted by atomic mass is 15.3. The highest BCUT2D eigenvalue weighted by molar-refractivity contribution is 5.49. The second-order valence-corrected chi connectivity index (χ2v) is 6.21. The lowest BCUT2D eigenvalue weighted by Gasteiger charge is -2.44. The van der Waals surface area contributed by atoms with E-state index in [2.05, 4.69) is 52.9 Å². The number of nitrogens with zero attached hydrogens (tertiary/aromatic N) is 3. The molecule has 0 N–H and O–H groups in total. The summed E-state index contributed by atoms with van der Waals surface area (Å²) in [5.41, 5.74) is 2.73. The molecule has 1 aromatic carbocycles. The molecule has 21 heavy (non-hydrogen) atoms. The van der Waals surface area contributed by atoms with Gasteiger partial charge in [0.05, 0.1) is 0 Å². The summed E-state index contributed by atoms with van der Waals surface area (Å²) in [6.45, 7) is 14.9. The Morgan fingerprint density at radius 2 is 1.52 bits per heavy atom. The molecule has 0 amide bonds. The maximum atomic E-state index is 2.64. The zero-order chi connectivity index (χ0) is 15.2. The Morgan fingerprint density at radius 3 is 2.10 bits per heavy atom. The van der Waals surface area contributed by atoms with E-state index in [-0.39, 0.29) is 0 Å². The second kappa shape index (κ2) is 7.81. The number of likely N-dealkylation sites (N-methyl/N-ethyl adjacent to an activating group) is 1. The summed E-state index contributed by atoms with van der Waals surface area (Å²) >= 11 is 0. The van der Waals surface area contributed by atoms with Crippen molar-refractivity contribution in [2.45, 2.75) is 20.8 Å². The molecule has 0 aromatic heterocycles. The smallest absolute Gasteiger partial charge is 0.0366 e. The van der Waals surface area contributed by atoms with Crippen molar-refractivity contribution < 1.29 is 0 Å². The zero-order valence-electron chi connectivity index (χ0n) is 14.2. The number of aryl methyl sites for hydroxylation is 1. The molecule has 2 heterocycles. The van der Waals surface area contributed by atoms with E-state index in [0.29, 0.717) is 0 Å². The molecule has 3 heteroatoms. The van der Waals surface area contributed by atoms with E-state index in [1.54, 1.807) is 0 Å². The molecule has 2 saturated heterocycles. The van der Waals surface area contributed by atoms with E-state index in [0.717, 1.165) is 5.92 Å². The second-order valence-electron chi connectivity index (χ2n) is 6.21. The Bertz CT molecular complexity index is 401. The van der Waals surface area contributed by atoms with Crippen molar-refractivity contribution in [3.8, 4) is 0 Å². The van der Waals surface area contributed by atoms with Crippen LogP contribution in [0.1, 0.15) is 19.4 Å². The van der Waals surface area contributed by atoms with Crippen molar-refractivity contribution in [2.75, 3.05) is 57.8 Å². The first-order valence-corrected chi connectivity index (χ1v) is 8.43. The highest BCUT2D eigenvalue weighted by Crippen LogP contribution is 2.25. The van der Waals surface area contributed by atoms with Crippen molar-refractivity contribution in [1.29, 1.82) is 0 Å². The van der Waals surface area contributed by atoms with Crippen molar-refractivity contribution in [1.82, 2.24) is 9.80 Å². The fourth-order valence-corrected chi connectivity index (χ4v) is 3.05. The molecule has 0 unspecified atom stereocenters. The van der Waals surface area contributed by atoms with Crippen LogP contribution >= 0.6 is 0 Å². The third kappa shape index (κ3) is 4.45. The molecule has 0 spiro atoms. The molecule has 0 saturated carbocycles.